The third-order valence-corrected chi connectivity index (χ3v) is 6.13. The Morgan fingerprint density at radius 2 is 1.81 bits per heavy atom. The van der Waals surface area contributed by atoms with E-state index in [2.05, 4.69) is 10.6 Å². The molecule has 26 heavy (non-hydrogen) atoms. The Bertz CT molecular complexity index is 622. The lowest BCUT2D eigenvalue weighted by Crippen LogP contribution is -2.47. The molecule has 142 valence electrons. The number of hydrogen-bond acceptors (Lipinski definition) is 4. The Morgan fingerprint density at radius 1 is 1.15 bits per heavy atom. The lowest BCUT2D eigenvalue weighted by Gasteiger charge is -2.34. The van der Waals surface area contributed by atoms with Crippen molar-refractivity contribution in [3.63, 3.8) is 0 Å². The summed E-state index contributed by atoms with van der Waals surface area (Å²) in [7, 11) is 0. The van der Waals surface area contributed by atoms with Crippen LogP contribution in [-0.2, 0) is 9.59 Å². The maximum atomic E-state index is 12.7. The third-order valence-electron chi connectivity index (χ3n) is 5.03. The number of carbonyl (C=O) groups is 2. The predicted molar refractivity (Wildman–Crippen MR) is 106 cm³/mol. The second-order valence-corrected chi connectivity index (χ2v) is 8.83. The van der Waals surface area contributed by atoms with E-state index in [1.807, 2.05) is 36.1 Å². The second-order valence-electron chi connectivity index (χ2n) is 7.42. The minimum Gasteiger partial charge on any atom is -0.342 e. The topological polar surface area (TPSA) is 61.4 Å². The largest absolute Gasteiger partial charge is 0.342 e. The van der Waals surface area contributed by atoms with E-state index in [1.54, 1.807) is 11.8 Å². The Kier molecular flexibility index (Phi) is 6.59. The van der Waals surface area contributed by atoms with Gasteiger partial charge in [-0.15, -0.1) is 11.8 Å². The summed E-state index contributed by atoms with van der Waals surface area (Å²) in [5, 5.41) is 6.31. The molecule has 1 aliphatic carbocycles. The molecule has 5 nitrogen and oxygen atoms in total. The van der Waals surface area contributed by atoms with Crippen molar-refractivity contribution in [1.82, 2.24) is 10.2 Å². The van der Waals surface area contributed by atoms with Crippen molar-refractivity contribution >= 4 is 29.3 Å². The quantitative estimate of drug-likeness (QED) is 0.719. The van der Waals surface area contributed by atoms with Crippen LogP contribution in [0.3, 0.4) is 0 Å². The molecule has 1 aliphatic heterocycles. The first kappa shape index (κ1) is 19.2. The first-order valence-electron chi connectivity index (χ1n) is 9.57. The van der Waals surface area contributed by atoms with Crippen molar-refractivity contribution in [1.29, 1.82) is 0 Å². The summed E-state index contributed by atoms with van der Waals surface area (Å²) >= 11 is 1.58. The fourth-order valence-corrected chi connectivity index (χ4v) is 4.24. The fraction of sp³-hybridized carbons (Fsp3) is 0.600. The number of nitrogens with zero attached hydrogens (tertiary/aromatic N) is 1. The molecule has 2 amide bonds. The van der Waals surface area contributed by atoms with Gasteiger partial charge in [-0.05, 0) is 69.3 Å². The van der Waals surface area contributed by atoms with Crippen LogP contribution < -0.4 is 10.6 Å². The Hall–Kier alpha value is -1.53. The summed E-state index contributed by atoms with van der Waals surface area (Å²) in [5.41, 5.74) is 0.779. The van der Waals surface area contributed by atoms with Gasteiger partial charge in [-0.25, -0.2) is 0 Å². The minimum absolute atomic E-state index is 0.0797. The summed E-state index contributed by atoms with van der Waals surface area (Å²) in [4.78, 5) is 26.9. The maximum absolute atomic E-state index is 12.7. The smallest absolute Gasteiger partial charge is 0.235 e. The van der Waals surface area contributed by atoms with Crippen LogP contribution in [0.1, 0.15) is 39.5 Å². The van der Waals surface area contributed by atoms with Crippen molar-refractivity contribution in [2.75, 3.05) is 25.0 Å². The first-order chi connectivity index (χ1) is 12.5. The second kappa shape index (κ2) is 8.91. The van der Waals surface area contributed by atoms with E-state index < -0.39 is 0 Å². The molecule has 6 heteroatoms. The number of piperidine rings is 1. The molecule has 1 saturated heterocycles. The molecule has 1 unspecified atom stereocenters. The zero-order chi connectivity index (χ0) is 18.5. The van der Waals surface area contributed by atoms with Crippen molar-refractivity contribution in [3.05, 3.63) is 24.3 Å². The molecular formula is C20H29N3O2S. The molecule has 1 saturated carbocycles. The van der Waals surface area contributed by atoms with Crippen LogP contribution in [0.5, 0.6) is 0 Å². The van der Waals surface area contributed by atoms with Gasteiger partial charge in [0, 0.05) is 36.6 Å². The van der Waals surface area contributed by atoms with Gasteiger partial charge in [-0.2, -0.15) is 0 Å². The standard InChI is InChI=1S/C20H29N3O2S/c1-14(26-19-7-5-18(6-8-19)22-15(2)24)20(25)23-11-9-17(10-12-23)21-13-16-3-4-16/h5-8,14,16-17,21H,3-4,9-13H2,1-2H3,(H,22,24). The molecule has 3 rings (SSSR count). The number of hydrogen-bond donors (Lipinski definition) is 2. The number of amides is 2. The van der Waals surface area contributed by atoms with E-state index in [-0.39, 0.29) is 17.1 Å². The van der Waals surface area contributed by atoms with Crippen molar-refractivity contribution < 1.29 is 9.59 Å². The maximum Gasteiger partial charge on any atom is 0.235 e. The lowest BCUT2D eigenvalue weighted by molar-refractivity contribution is -0.131. The number of carbonyl (C=O) groups excluding carboxylic acids is 2. The van der Waals surface area contributed by atoms with Gasteiger partial charge < -0.3 is 15.5 Å². The van der Waals surface area contributed by atoms with Crippen LogP contribution in [0.4, 0.5) is 5.69 Å². The van der Waals surface area contributed by atoms with Gasteiger partial charge in [0.05, 0.1) is 5.25 Å². The summed E-state index contributed by atoms with van der Waals surface area (Å²) in [6.07, 6.45) is 4.87. The lowest BCUT2D eigenvalue weighted by atomic mass is 10.0. The van der Waals surface area contributed by atoms with Gasteiger partial charge in [0.2, 0.25) is 11.8 Å². The Morgan fingerprint density at radius 3 is 2.38 bits per heavy atom. The Labute approximate surface area is 160 Å². The van der Waals surface area contributed by atoms with Gasteiger partial charge in [0.1, 0.15) is 0 Å². The first-order valence-corrected chi connectivity index (χ1v) is 10.5. The molecule has 0 aromatic heterocycles. The van der Waals surface area contributed by atoms with Gasteiger partial charge in [-0.3, -0.25) is 9.59 Å². The highest BCUT2D eigenvalue weighted by Gasteiger charge is 2.28. The zero-order valence-electron chi connectivity index (χ0n) is 15.7. The molecule has 1 aromatic carbocycles. The minimum atomic E-state index is -0.0995. The van der Waals surface area contributed by atoms with Crippen LogP contribution in [0, 0.1) is 5.92 Å². The summed E-state index contributed by atoms with van der Waals surface area (Å²) < 4.78 is 0. The molecule has 2 aliphatic rings. The molecule has 0 radical (unpaired) electrons. The molecule has 2 fully saturated rings. The van der Waals surface area contributed by atoms with Gasteiger partial charge >= 0.3 is 0 Å². The molecule has 0 bridgehead atoms. The Balaban J connectivity index is 1.43. The molecule has 1 heterocycles. The molecule has 2 N–H and O–H groups in total. The highest BCUT2D eigenvalue weighted by atomic mass is 32.2. The highest BCUT2D eigenvalue weighted by molar-refractivity contribution is 8.00. The van der Waals surface area contributed by atoms with E-state index in [0.29, 0.717) is 6.04 Å². The van der Waals surface area contributed by atoms with Crippen LogP contribution in [0.2, 0.25) is 0 Å². The third kappa shape index (κ3) is 5.74. The number of nitrogens with one attached hydrogen (secondary N) is 2. The van der Waals surface area contributed by atoms with E-state index >= 15 is 0 Å². The monoisotopic (exact) mass is 375 g/mol. The van der Waals surface area contributed by atoms with E-state index in [0.717, 1.165) is 49.0 Å². The van der Waals surface area contributed by atoms with E-state index in [4.69, 9.17) is 0 Å². The summed E-state index contributed by atoms with van der Waals surface area (Å²) in [6.45, 7) is 6.33. The van der Waals surface area contributed by atoms with E-state index in [1.165, 1.54) is 19.8 Å². The molecule has 0 spiro atoms. The van der Waals surface area contributed by atoms with Crippen molar-refractivity contribution in [3.8, 4) is 0 Å². The normalized spacial score (nSPS) is 19.2. The average Bonchev–Trinajstić information content (AvgIpc) is 3.45. The fourth-order valence-electron chi connectivity index (χ4n) is 3.29. The zero-order valence-corrected chi connectivity index (χ0v) is 16.5. The molecule has 1 aromatic rings. The van der Waals surface area contributed by atoms with Crippen molar-refractivity contribution in [2.24, 2.45) is 5.92 Å². The van der Waals surface area contributed by atoms with Crippen LogP contribution in [0.25, 0.3) is 0 Å². The number of rotatable bonds is 7. The number of anilines is 1. The molecular weight excluding hydrogens is 346 g/mol. The van der Waals surface area contributed by atoms with Gasteiger partial charge in [0.25, 0.3) is 0 Å². The average molecular weight is 376 g/mol. The van der Waals surface area contributed by atoms with Crippen molar-refractivity contribution in [2.45, 2.75) is 55.7 Å². The van der Waals surface area contributed by atoms with Crippen LogP contribution in [-0.4, -0.2) is 47.6 Å². The molecule has 1 atom stereocenters. The van der Waals surface area contributed by atoms with Crippen LogP contribution >= 0.6 is 11.8 Å². The summed E-state index contributed by atoms with van der Waals surface area (Å²) in [6, 6.07) is 8.22. The number of thioether (sulfide) groups is 1. The number of benzene rings is 1. The van der Waals surface area contributed by atoms with Crippen LogP contribution in [0.15, 0.2) is 29.2 Å². The van der Waals surface area contributed by atoms with E-state index in [9.17, 15) is 9.59 Å². The van der Waals surface area contributed by atoms with Gasteiger partial charge in [-0.1, -0.05) is 0 Å². The predicted octanol–water partition coefficient (Wildman–Crippen LogP) is 3.12. The highest BCUT2D eigenvalue weighted by Crippen LogP contribution is 2.29. The summed E-state index contributed by atoms with van der Waals surface area (Å²) in [5.74, 6) is 1.05. The van der Waals surface area contributed by atoms with Gasteiger partial charge in [0.15, 0.2) is 0 Å². The SMILES string of the molecule is CC(=O)Nc1ccc(SC(C)C(=O)N2CCC(NCC3CC3)CC2)cc1. The number of likely N-dealkylation sites (tertiary alicyclic amines) is 1.